The van der Waals surface area contributed by atoms with E-state index in [1.165, 1.54) is 0 Å². The summed E-state index contributed by atoms with van der Waals surface area (Å²) < 4.78 is 5.35. The highest BCUT2D eigenvalue weighted by Gasteiger charge is 2.16. The summed E-state index contributed by atoms with van der Waals surface area (Å²) in [6.45, 7) is 0. The molecular formula is C14H13N3O. The number of hydrogen-bond acceptors (Lipinski definition) is 2. The van der Waals surface area contributed by atoms with E-state index in [2.05, 4.69) is 15.0 Å². The van der Waals surface area contributed by atoms with Crippen LogP contribution in [0, 0.1) is 0 Å². The van der Waals surface area contributed by atoms with Gasteiger partial charge in [0, 0.05) is 24.2 Å². The van der Waals surface area contributed by atoms with Crippen molar-refractivity contribution in [3.63, 3.8) is 0 Å². The number of rotatable bonds is 3. The van der Waals surface area contributed by atoms with Gasteiger partial charge in [0.2, 0.25) is 0 Å². The highest BCUT2D eigenvalue weighted by Crippen LogP contribution is 2.24. The van der Waals surface area contributed by atoms with Crippen LogP contribution in [0.15, 0.2) is 59.2 Å². The molecule has 2 aromatic heterocycles. The van der Waals surface area contributed by atoms with Crippen LogP contribution in [0.4, 0.5) is 0 Å². The summed E-state index contributed by atoms with van der Waals surface area (Å²) in [5.74, 6) is 0.772. The number of aromatic nitrogens is 2. The zero-order valence-corrected chi connectivity index (χ0v) is 9.97. The minimum atomic E-state index is 0.772. The van der Waals surface area contributed by atoms with Crippen LogP contribution < -0.4 is 0 Å². The molecule has 18 heavy (non-hydrogen) atoms. The molecule has 0 radical (unpaired) electrons. The maximum absolute atomic E-state index is 5.35. The molecule has 0 spiro atoms. The first kappa shape index (κ1) is 10.7. The van der Waals surface area contributed by atoms with Gasteiger partial charge in [0.1, 0.15) is 11.5 Å². The highest BCUT2D eigenvalue weighted by atomic mass is 16.5. The van der Waals surface area contributed by atoms with E-state index in [1.807, 2.05) is 48.8 Å². The van der Waals surface area contributed by atoms with Crippen molar-refractivity contribution >= 4 is 11.8 Å². The lowest BCUT2D eigenvalue weighted by Crippen LogP contribution is -1.93. The Morgan fingerprint density at radius 2 is 2.00 bits per heavy atom. The number of methoxy groups -OCH3 is 1. The van der Waals surface area contributed by atoms with E-state index < -0.39 is 0 Å². The van der Waals surface area contributed by atoms with E-state index in [0.717, 1.165) is 28.6 Å². The minimum absolute atomic E-state index is 0.772. The maximum atomic E-state index is 5.35. The molecule has 4 nitrogen and oxygen atoms in total. The Labute approximate surface area is 105 Å². The lowest BCUT2D eigenvalue weighted by Gasteiger charge is -2.00. The molecule has 3 heterocycles. The van der Waals surface area contributed by atoms with Crippen molar-refractivity contribution in [1.29, 1.82) is 0 Å². The molecule has 0 aliphatic carbocycles. The monoisotopic (exact) mass is 239 g/mol. The standard InChI is InChI=1S/C14H13N3O/c1-18-14-9-12(11-5-3-7-16-11)17-13(14)8-10-4-2-6-15-10/h2-9,15-16H,1H3/b13-8+. The largest absolute Gasteiger partial charge is 0.494 e. The zero-order valence-electron chi connectivity index (χ0n) is 9.97. The quantitative estimate of drug-likeness (QED) is 0.850. The van der Waals surface area contributed by atoms with Gasteiger partial charge in [-0.05, 0) is 30.3 Å². The van der Waals surface area contributed by atoms with Crippen molar-refractivity contribution in [1.82, 2.24) is 9.97 Å². The first-order valence-corrected chi connectivity index (χ1v) is 5.70. The number of nitrogens with one attached hydrogen (secondary N) is 2. The van der Waals surface area contributed by atoms with Gasteiger partial charge in [-0.1, -0.05) is 0 Å². The Hall–Kier alpha value is -2.49. The Morgan fingerprint density at radius 3 is 2.67 bits per heavy atom. The smallest absolute Gasteiger partial charge is 0.146 e. The second-order valence-electron chi connectivity index (χ2n) is 3.95. The Kier molecular flexibility index (Phi) is 2.61. The number of nitrogens with zero attached hydrogens (tertiary/aromatic N) is 1. The summed E-state index contributed by atoms with van der Waals surface area (Å²) in [6, 6.07) is 7.88. The summed E-state index contributed by atoms with van der Waals surface area (Å²) in [7, 11) is 1.65. The summed E-state index contributed by atoms with van der Waals surface area (Å²) >= 11 is 0. The first-order chi connectivity index (χ1) is 8.86. The molecule has 4 heteroatoms. The molecule has 3 rings (SSSR count). The van der Waals surface area contributed by atoms with Crippen molar-refractivity contribution in [2.75, 3.05) is 7.11 Å². The number of hydrogen-bond donors (Lipinski definition) is 2. The van der Waals surface area contributed by atoms with E-state index in [4.69, 9.17) is 4.74 Å². The average molecular weight is 239 g/mol. The van der Waals surface area contributed by atoms with Crippen LogP contribution >= 0.6 is 0 Å². The summed E-state index contributed by atoms with van der Waals surface area (Å²) in [6.07, 6.45) is 7.66. The predicted molar refractivity (Wildman–Crippen MR) is 71.2 cm³/mol. The average Bonchev–Trinajstić information content (AvgIpc) is 3.10. The van der Waals surface area contributed by atoms with E-state index in [1.54, 1.807) is 7.11 Å². The Bertz CT molecular complexity index is 616. The third-order valence-electron chi connectivity index (χ3n) is 2.77. The Balaban J connectivity index is 1.98. The van der Waals surface area contributed by atoms with Crippen molar-refractivity contribution in [2.45, 2.75) is 0 Å². The van der Waals surface area contributed by atoms with Gasteiger partial charge in [-0.25, -0.2) is 4.99 Å². The normalized spacial score (nSPS) is 16.8. The van der Waals surface area contributed by atoms with Gasteiger partial charge < -0.3 is 14.7 Å². The predicted octanol–water partition coefficient (Wildman–Crippen LogP) is 2.72. The van der Waals surface area contributed by atoms with Crippen molar-refractivity contribution in [3.05, 3.63) is 65.6 Å². The van der Waals surface area contributed by atoms with Gasteiger partial charge in [-0.15, -0.1) is 0 Å². The molecule has 0 atom stereocenters. The molecule has 2 aromatic rings. The molecule has 0 amide bonds. The maximum Gasteiger partial charge on any atom is 0.146 e. The van der Waals surface area contributed by atoms with Gasteiger partial charge in [-0.3, -0.25) is 0 Å². The lowest BCUT2D eigenvalue weighted by molar-refractivity contribution is 0.303. The van der Waals surface area contributed by atoms with Gasteiger partial charge in [-0.2, -0.15) is 0 Å². The number of aliphatic imine (C=N–C) groups is 1. The molecule has 90 valence electrons. The summed E-state index contributed by atoms with van der Waals surface area (Å²) in [4.78, 5) is 10.8. The number of aromatic amines is 2. The molecule has 1 aliphatic heterocycles. The van der Waals surface area contributed by atoms with Crippen molar-refractivity contribution in [2.24, 2.45) is 4.99 Å². The molecule has 0 fully saturated rings. The second kappa shape index (κ2) is 4.41. The van der Waals surface area contributed by atoms with Crippen LogP contribution in [0.3, 0.4) is 0 Å². The Morgan fingerprint density at radius 1 is 1.17 bits per heavy atom. The molecule has 0 bridgehead atoms. The first-order valence-electron chi connectivity index (χ1n) is 5.70. The fraction of sp³-hybridized carbons (Fsp3) is 0.0714. The number of allylic oxidation sites excluding steroid dienone is 1. The van der Waals surface area contributed by atoms with Crippen LogP contribution in [0.1, 0.15) is 11.4 Å². The fourth-order valence-electron chi connectivity index (χ4n) is 1.89. The molecule has 0 saturated heterocycles. The molecule has 1 aliphatic rings. The van der Waals surface area contributed by atoms with Gasteiger partial charge in [0.25, 0.3) is 0 Å². The lowest BCUT2D eigenvalue weighted by atomic mass is 10.2. The van der Waals surface area contributed by atoms with Crippen molar-refractivity contribution < 1.29 is 4.74 Å². The van der Waals surface area contributed by atoms with Gasteiger partial charge >= 0.3 is 0 Å². The summed E-state index contributed by atoms with van der Waals surface area (Å²) in [5.41, 5.74) is 3.70. The summed E-state index contributed by atoms with van der Waals surface area (Å²) in [5, 5.41) is 0. The van der Waals surface area contributed by atoms with Crippen molar-refractivity contribution in [3.8, 4) is 0 Å². The zero-order chi connectivity index (χ0) is 12.4. The van der Waals surface area contributed by atoms with Gasteiger partial charge in [0.05, 0.1) is 18.5 Å². The second-order valence-corrected chi connectivity index (χ2v) is 3.95. The van der Waals surface area contributed by atoms with E-state index >= 15 is 0 Å². The SMILES string of the molecule is COC1=CC(c2ccc[nH]2)=N/C1=C/c1ccc[nH]1. The number of H-pyrrole nitrogens is 2. The van der Waals surface area contributed by atoms with Crippen LogP contribution in [-0.4, -0.2) is 22.8 Å². The minimum Gasteiger partial charge on any atom is -0.494 e. The molecule has 0 unspecified atom stereocenters. The molecule has 2 N–H and O–H groups in total. The van der Waals surface area contributed by atoms with E-state index in [-0.39, 0.29) is 0 Å². The molecule has 0 saturated carbocycles. The third-order valence-corrected chi connectivity index (χ3v) is 2.77. The van der Waals surface area contributed by atoms with Crippen LogP contribution in [-0.2, 0) is 4.74 Å². The number of ether oxygens (including phenoxy) is 1. The van der Waals surface area contributed by atoms with Crippen LogP contribution in [0.5, 0.6) is 0 Å². The van der Waals surface area contributed by atoms with Gasteiger partial charge in [0.15, 0.2) is 0 Å². The molecule has 0 aromatic carbocycles. The fourth-order valence-corrected chi connectivity index (χ4v) is 1.89. The van der Waals surface area contributed by atoms with Crippen LogP contribution in [0.2, 0.25) is 0 Å². The van der Waals surface area contributed by atoms with E-state index in [0.29, 0.717) is 0 Å². The highest BCUT2D eigenvalue weighted by molar-refractivity contribution is 6.11. The van der Waals surface area contributed by atoms with E-state index in [9.17, 15) is 0 Å². The topological polar surface area (TPSA) is 53.2 Å². The van der Waals surface area contributed by atoms with Crippen LogP contribution in [0.25, 0.3) is 6.08 Å². The molecular weight excluding hydrogens is 226 g/mol. The third kappa shape index (κ3) is 1.88.